The molecular formula is C15H11F4NO9S3. The smallest absolute Gasteiger partial charge is 0.317 e. The number of halogens is 4. The molecule has 3 aliphatic rings. The van der Waals surface area contributed by atoms with Crippen molar-refractivity contribution in [3.63, 3.8) is 0 Å². The minimum Gasteiger partial charge on any atom is -0.460 e. The van der Waals surface area contributed by atoms with Crippen LogP contribution < -0.4 is 9.46 Å². The van der Waals surface area contributed by atoms with Gasteiger partial charge >= 0.3 is 22.1 Å². The van der Waals surface area contributed by atoms with Crippen molar-refractivity contribution in [3.8, 4) is 5.75 Å². The van der Waals surface area contributed by atoms with Gasteiger partial charge in [-0.25, -0.2) is 21.9 Å². The van der Waals surface area contributed by atoms with Crippen LogP contribution in [0.3, 0.4) is 0 Å². The minimum absolute atomic E-state index is 0.781. The molecule has 2 bridgehead atoms. The summed E-state index contributed by atoms with van der Waals surface area (Å²) in [6.45, 7) is 1.04. The van der Waals surface area contributed by atoms with Crippen LogP contribution in [-0.2, 0) is 34.5 Å². The van der Waals surface area contributed by atoms with Gasteiger partial charge in [-0.1, -0.05) is 0 Å². The zero-order valence-electron chi connectivity index (χ0n) is 15.4. The molecule has 3 saturated heterocycles. The molecule has 3 aliphatic heterocycles. The van der Waals surface area contributed by atoms with Gasteiger partial charge in [0.1, 0.15) is 11.4 Å². The van der Waals surface area contributed by atoms with Crippen LogP contribution in [0.25, 0.3) is 0 Å². The van der Waals surface area contributed by atoms with Crippen LogP contribution in [0.2, 0.25) is 0 Å². The predicted octanol–water partition coefficient (Wildman–Crippen LogP) is 0.111. The zero-order valence-corrected chi connectivity index (χ0v) is 17.9. The van der Waals surface area contributed by atoms with E-state index in [1.807, 2.05) is 0 Å². The number of benzene rings is 1. The Bertz CT molecular complexity index is 1240. The van der Waals surface area contributed by atoms with Crippen LogP contribution in [0.1, 0.15) is 6.92 Å². The number of carbonyl (C=O) groups excluding carboxylic acids is 2. The lowest BCUT2D eigenvalue weighted by Gasteiger charge is -2.29. The summed E-state index contributed by atoms with van der Waals surface area (Å²) >= 11 is 0.962. The molecule has 3 heterocycles. The first-order valence-corrected chi connectivity index (χ1v) is 12.5. The Morgan fingerprint density at radius 1 is 1.06 bits per heavy atom. The second kappa shape index (κ2) is 7.28. The Kier molecular flexibility index (Phi) is 5.28. The van der Waals surface area contributed by atoms with Gasteiger partial charge < -0.3 is 9.47 Å². The molecule has 1 aromatic rings. The SMILES string of the molecule is CC(=O)OC1C2NS(=O)(=O)C3C2SC1C3C(=O)Oc1c(F)c(F)c(S(=O)(=O)O)c(F)c1F. The van der Waals surface area contributed by atoms with Crippen LogP contribution in [0.5, 0.6) is 5.75 Å². The van der Waals surface area contributed by atoms with E-state index in [9.17, 15) is 44.0 Å². The first-order chi connectivity index (χ1) is 14.7. The lowest BCUT2D eigenvalue weighted by molar-refractivity contribution is -0.151. The largest absolute Gasteiger partial charge is 0.460 e. The van der Waals surface area contributed by atoms with Crippen molar-refractivity contribution in [1.29, 1.82) is 0 Å². The zero-order chi connectivity index (χ0) is 23.9. The average molecular weight is 521 g/mol. The van der Waals surface area contributed by atoms with Gasteiger partial charge in [0.05, 0.1) is 17.2 Å². The van der Waals surface area contributed by atoms with Crippen molar-refractivity contribution in [3.05, 3.63) is 23.3 Å². The van der Waals surface area contributed by atoms with Gasteiger partial charge in [-0.2, -0.15) is 17.2 Å². The molecule has 10 nitrogen and oxygen atoms in total. The van der Waals surface area contributed by atoms with Crippen molar-refractivity contribution < 1.29 is 58.0 Å². The third kappa shape index (κ3) is 3.28. The highest BCUT2D eigenvalue weighted by atomic mass is 32.2. The summed E-state index contributed by atoms with van der Waals surface area (Å²) in [7, 11) is -9.89. The first kappa shape index (κ1) is 23.2. The second-order valence-electron chi connectivity index (χ2n) is 7.13. The molecule has 176 valence electrons. The highest BCUT2D eigenvalue weighted by Gasteiger charge is 2.71. The normalized spacial score (nSPS) is 32.2. The van der Waals surface area contributed by atoms with E-state index in [0.29, 0.717) is 0 Å². The summed E-state index contributed by atoms with van der Waals surface area (Å²) in [5.41, 5.74) is 0. The van der Waals surface area contributed by atoms with Crippen LogP contribution in [0.15, 0.2) is 4.90 Å². The van der Waals surface area contributed by atoms with E-state index < -0.39 is 99.8 Å². The summed E-state index contributed by atoms with van der Waals surface area (Å²) in [6.07, 6.45) is -1.13. The number of sulfonamides is 1. The third-order valence-corrected chi connectivity index (χ3v) is 9.98. The molecule has 17 heteroatoms. The van der Waals surface area contributed by atoms with E-state index in [-0.39, 0.29) is 0 Å². The molecule has 3 fully saturated rings. The van der Waals surface area contributed by atoms with Gasteiger partial charge in [0, 0.05) is 12.2 Å². The summed E-state index contributed by atoms with van der Waals surface area (Å²) in [4.78, 5) is 21.8. The van der Waals surface area contributed by atoms with E-state index in [4.69, 9.17) is 9.29 Å². The summed E-state index contributed by atoms with van der Waals surface area (Å²) in [5.74, 6) is -16.0. The fourth-order valence-corrected chi connectivity index (χ4v) is 9.51. The molecule has 0 aliphatic carbocycles. The number of carbonyl (C=O) groups is 2. The predicted molar refractivity (Wildman–Crippen MR) is 95.6 cm³/mol. The van der Waals surface area contributed by atoms with E-state index in [1.165, 1.54) is 0 Å². The molecule has 0 saturated carbocycles. The van der Waals surface area contributed by atoms with Crippen molar-refractivity contribution >= 4 is 43.8 Å². The molecule has 0 spiro atoms. The number of thioether (sulfide) groups is 1. The monoisotopic (exact) mass is 521 g/mol. The lowest BCUT2D eigenvalue weighted by Crippen LogP contribution is -2.51. The van der Waals surface area contributed by atoms with Gasteiger partial charge in [-0.3, -0.25) is 14.1 Å². The van der Waals surface area contributed by atoms with E-state index in [2.05, 4.69) is 9.46 Å². The van der Waals surface area contributed by atoms with Crippen molar-refractivity contribution in [2.45, 2.75) is 39.7 Å². The standard InChI is InChI=1S/C15H11F4NO9S3/c1-2(21)28-10-8-12-13(31(23,24)20-8)3(11(10)30-12)15(22)29-9-4(16)6(18)14(32(25,26)27)7(19)5(9)17/h3,8,10-13,20H,1H3,(H,25,26,27). The fraction of sp³-hybridized carbons (Fsp3) is 0.467. The Balaban J connectivity index is 1.73. The molecular weight excluding hydrogens is 510 g/mol. The number of ether oxygens (including phenoxy) is 2. The van der Waals surface area contributed by atoms with Crippen LogP contribution in [0.4, 0.5) is 17.6 Å². The Morgan fingerprint density at radius 3 is 2.12 bits per heavy atom. The van der Waals surface area contributed by atoms with Crippen LogP contribution in [0, 0.1) is 29.2 Å². The topological polar surface area (TPSA) is 153 Å². The fourth-order valence-electron chi connectivity index (χ4n) is 4.15. The number of rotatable bonds is 4. The molecule has 0 radical (unpaired) electrons. The van der Waals surface area contributed by atoms with Gasteiger partial charge in [0.2, 0.25) is 27.4 Å². The lowest BCUT2D eigenvalue weighted by atomic mass is 9.84. The molecule has 6 unspecified atom stereocenters. The van der Waals surface area contributed by atoms with E-state index in [1.54, 1.807) is 0 Å². The molecule has 32 heavy (non-hydrogen) atoms. The highest BCUT2D eigenvalue weighted by Crippen LogP contribution is 2.56. The molecule has 0 amide bonds. The maximum atomic E-state index is 14.2. The van der Waals surface area contributed by atoms with Crippen molar-refractivity contribution in [2.24, 2.45) is 5.92 Å². The Labute approximate surface area is 181 Å². The Hall–Kier alpha value is -1.95. The minimum atomic E-state index is -5.73. The maximum absolute atomic E-state index is 14.2. The van der Waals surface area contributed by atoms with Crippen molar-refractivity contribution in [1.82, 2.24) is 4.72 Å². The van der Waals surface area contributed by atoms with Gasteiger partial charge in [0.25, 0.3) is 0 Å². The number of esters is 2. The quantitative estimate of drug-likeness (QED) is 0.184. The van der Waals surface area contributed by atoms with Crippen LogP contribution >= 0.6 is 11.8 Å². The molecule has 2 N–H and O–H groups in total. The summed E-state index contributed by atoms with van der Waals surface area (Å²) in [6, 6.07) is -0.856. The van der Waals surface area contributed by atoms with E-state index in [0.717, 1.165) is 18.7 Å². The molecule has 1 aromatic carbocycles. The number of fused-ring (bicyclic) bond motifs is 1. The second-order valence-corrected chi connectivity index (χ2v) is 11.7. The Morgan fingerprint density at radius 2 is 1.62 bits per heavy atom. The summed E-state index contributed by atoms with van der Waals surface area (Å²) in [5, 5.41) is -3.24. The average Bonchev–Trinajstić information content (AvgIpc) is 3.24. The highest BCUT2D eigenvalue weighted by molar-refractivity contribution is 8.03. The molecule has 0 aromatic heterocycles. The van der Waals surface area contributed by atoms with E-state index >= 15 is 0 Å². The van der Waals surface area contributed by atoms with Gasteiger partial charge in [-0.05, 0) is 0 Å². The molecule has 6 atom stereocenters. The molecule has 4 rings (SSSR count). The van der Waals surface area contributed by atoms with Crippen molar-refractivity contribution in [2.75, 3.05) is 0 Å². The van der Waals surface area contributed by atoms with Gasteiger partial charge in [-0.15, -0.1) is 11.8 Å². The van der Waals surface area contributed by atoms with Gasteiger partial charge in [0.15, 0.2) is 16.5 Å². The number of hydrogen-bond acceptors (Lipinski definition) is 9. The summed E-state index contributed by atoms with van der Waals surface area (Å²) < 4.78 is 124. The maximum Gasteiger partial charge on any atom is 0.317 e. The third-order valence-electron chi connectivity index (χ3n) is 5.25. The first-order valence-electron chi connectivity index (χ1n) is 8.55. The van der Waals surface area contributed by atoms with Crippen LogP contribution in [-0.4, -0.2) is 61.2 Å². The number of hydrogen-bond donors (Lipinski definition) is 2. The number of nitrogens with one attached hydrogen (secondary N) is 1.